The largest absolute Gasteiger partial charge is 0.396 e. The molecule has 0 fully saturated rings. The summed E-state index contributed by atoms with van der Waals surface area (Å²) in [7, 11) is 2.16. The maximum atomic E-state index is 8.79. The van der Waals surface area contributed by atoms with Crippen molar-refractivity contribution in [3.63, 3.8) is 0 Å². The second-order valence-corrected chi connectivity index (χ2v) is 5.94. The zero-order valence-corrected chi connectivity index (χ0v) is 13.1. The van der Waals surface area contributed by atoms with Gasteiger partial charge in [-0.25, -0.2) is 0 Å². The van der Waals surface area contributed by atoms with Gasteiger partial charge in [-0.2, -0.15) is 0 Å². The number of aliphatic hydroxyl groups excluding tert-OH is 1. The Morgan fingerprint density at radius 1 is 1.33 bits per heavy atom. The van der Waals surface area contributed by atoms with Crippen LogP contribution < -0.4 is 16.0 Å². The summed E-state index contributed by atoms with van der Waals surface area (Å²) in [5.41, 5.74) is 10.0. The quantitative estimate of drug-likeness (QED) is 0.639. The van der Waals surface area contributed by atoms with E-state index in [1.165, 1.54) is 29.7 Å². The molecule has 1 atom stereocenters. The highest BCUT2D eigenvalue weighted by Gasteiger charge is 2.16. The molecule has 1 aromatic carbocycles. The van der Waals surface area contributed by atoms with Gasteiger partial charge in [-0.3, -0.25) is 0 Å². The van der Waals surface area contributed by atoms with E-state index in [0.29, 0.717) is 13.2 Å². The van der Waals surface area contributed by atoms with E-state index in [9.17, 15) is 0 Å². The van der Waals surface area contributed by atoms with Crippen molar-refractivity contribution in [1.29, 1.82) is 0 Å². The van der Waals surface area contributed by atoms with E-state index in [1.54, 1.807) is 0 Å². The minimum absolute atomic E-state index is 0.233. The summed E-state index contributed by atoms with van der Waals surface area (Å²) in [6.07, 6.45) is 5.44. The van der Waals surface area contributed by atoms with E-state index in [0.717, 1.165) is 32.4 Å². The minimum atomic E-state index is 0.233. The van der Waals surface area contributed by atoms with Gasteiger partial charge < -0.3 is 21.1 Å². The molecular weight excluding hydrogens is 262 g/mol. The monoisotopic (exact) mass is 291 g/mol. The molecule has 0 radical (unpaired) electrons. The molecule has 0 aliphatic carbocycles. The topological polar surface area (TPSA) is 61.5 Å². The first kappa shape index (κ1) is 16.3. The van der Waals surface area contributed by atoms with Gasteiger partial charge in [0.1, 0.15) is 0 Å². The number of anilines is 1. The van der Waals surface area contributed by atoms with Crippen LogP contribution in [0, 0.1) is 0 Å². The van der Waals surface area contributed by atoms with Gasteiger partial charge in [-0.1, -0.05) is 12.1 Å². The molecule has 1 heterocycles. The average Bonchev–Trinajstić information content (AvgIpc) is 2.51. The van der Waals surface area contributed by atoms with Gasteiger partial charge in [0.25, 0.3) is 0 Å². The van der Waals surface area contributed by atoms with Crippen LogP contribution >= 0.6 is 0 Å². The fourth-order valence-corrected chi connectivity index (χ4v) is 3.05. The summed E-state index contributed by atoms with van der Waals surface area (Å²) in [6.45, 7) is 3.02. The molecule has 0 saturated carbocycles. The van der Waals surface area contributed by atoms with Crippen molar-refractivity contribution >= 4 is 5.69 Å². The molecule has 118 valence electrons. The smallest absolute Gasteiger partial charge is 0.0444 e. The molecule has 4 nitrogen and oxygen atoms in total. The number of hydrogen-bond donors (Lipinski definition) is 3. The average molecular weight is 291 g/mol. The minimum Gasteiger partial charge on any atom is -0.396 e. The van der Waals surface area contributed by atoms with E-state index >= 15 is 0 Å². The number of rotatable bonds is 8. The molecule has 21 heavy (non-hydrogen) atoms. The van der Waals surface area contributed by atoms with E-state index in [2.05, 4.69) is 35.5 Å². The van der Waals surface area contributed by atoms with Gasteiger partial charge in [0.2, 0.25) is 0 Å². The first-order chi connectivity index (χ1) is 10.3. The molecule has 0 spiro atoms. The van der Waals surface area contributed by atoms with Gasteiger partial charge in [-0.05, 0) is 55.8 Å². The predicted octanol–water partition coefficient (Wildman–Crippen LogP) is 1.82. The van der Waals surface area contributed by atoms with Crippen LogP contribution in [0.15, 0.2) is 18.2 Å². The molecular formula is C17H29N3O. The normalized spacial score (nSPS) is 15.9. The molecule has 0 aromatic heterocycles. The lowest BCUT2D eigenvalue weighted by molar-refractivity contribution is 0.282. The molecule has 1 unspecified atom stereocenters. The number of nitrogens with one attached hydrogen (secondary N) is 1. The second kappa shape index (κ2) is 8.37. The van der Waals surface area contributed by atoms with Crippen LogP contribution in [0.2, 0.25) is 0 Å². The summed E-state index contributed by atoms with van der Waals surface area (Å²) < 4.78 is 0. The third kappa shape index (κ3) is 4.43. The standard InChI is InChI=1S/C17H29N3O/c1-20-10-5-6-15-12-14(7-8-17(15)20)16(13-18)19-9-3-2-4-11-21/h7-8,12,16,19,21H,2-6,9-11,13,18H2,1H3. The SMILES string of the molecule is CN1CCCc2cc(C(CN)NCCCCCO)ccc21. The predicted molar refractivity (Wildman–Crippen MR) is 88.8 cm³/mol. The third-order valence-corrected chi connectivity index (χ3v) is 4.32. The zero-order valence-electron chi connectivity index (χ0n) is 13.1. The Kier molecular flexibility index (Phi) is 6.49. The number of unbranched alkanes of at least 4 members (excludes halogenated alkanes) is 2. The Balaban J connectivity index is 1.95. The third-order valence-electron chi connectivity index (χ3n) is 4.32. The van der Waals surface area contributed by atoms with Crippen LogP contribution in [0.5, 0.6) is 0 Å². The van der Waals surface area contributed by atoms with Crippen LogP contribution in [0.3, 0.4) is 0 Å². The van der Waals surface area contributed by atoms with Crippen LogP contribution in [0.4, 0.5) is 5.69 Å². The summed E-state index contributed by atoms with van der Waals surface area (Å²) >= 11 is 0. The van der Waals surface area contributed by atoms with Crippen molar-refractivity contribution in [1.82, 2.24) is 5.32 Å². The van der Waals surface area contributed by atoms with Crippen LogP contribution in [0.25, 0.3) is 0 Å². The van der Waals surface area contributed by atoms with E-state index in [4.69, 9.17) is 10.8 Å². The molecule has 1 aliphatic heterocycles. The lowest BCUT2D eigenvalue weighted by Crippen LogP contribution is -2.30. The summed E-state index contributed by atoms with van der Waals surface area (Å²) in [5, 5.41) is 12.3. The Morgan fingerprint density at radius 3 is 2.95 bits per heavy atom. The fraction of sp³-hybridized carbons (Fsp3) is 0.647. The van der Waals surface area contributed by atoms with Crippen molar-refractivity contribution < 1.29 is 5.11 Å². The van der Waals surface area contributed by atoms with Gasteiger partial charge in [0, 0.05) is 38.5 Å². The second-order valence-electron chi connectivity index (χ2n) is 5.94. The van der Waals surface area contributed by atoms with Gasteiger partial charge >= 0.3 is 0 Å². The first-order valence-electron chi connectivity index (χ1n) is 8.14. The summed E-state index contributed by atoms with van der Waals surface area (Å²) in [4.78, 5) is 2.34. The molecule has 2 rings (SSSR count). The number of aryl methyl sites for hydroxylation is 1. The zero-order chi connectivity index (χ0) is 15.1. The number of nitrogens with two attached hydrogens (primary N) is 1. The van der Waals surface area contributed by atoms with E-state index < -0.39 is 0 Å². The number of benzene rings is 1. The number of aliphatic hydroxyl groups is 1. The summed E-state index contributed by atoms with van der Waals surface area (Å²) in [6, 6.07) is 7.00. The van der Waals surface area contributed by atoms with Crippen molar-refractivity contribution in [3.05, 3.63) is 29.3 Å². The first-order valence-corrected chi connectivity index (χ1v) is 8.14. The summed E-state index contributed by atoms with van der Waals surface area (Å²) in [5.74, 6) is 0. The van der Waals surface area contributed by atoms with Crippen molar-refractivity contribution in [2.24, 2.45) is 5.73 Å². The number of fused-ring (bicyclic) bond motifs is 1. The van der Waals surface area contributed by atoms with Crippen molar-refractivity contribution in [2.45, 2.75) is 38.1 Å². The van der Waals surface area contributed by atoms with Crippen LogP contribution in [-0.2, 0) is 6.42 Å². The molecule has 1 aromatic rings. The molecule has 0 bridgehead atoms. The Labute approximate surface area is 128 Å². The number of nitrogens with zero attached hydrogens (tertiary/aromatic N) is 1. The van der Waals surface area contributed by atoms with E-state index in [-0.39, 0.29) is 6.04 Å². The maximum absolute atomic E-state index is 8.79. The maximum Gasteiger partial charge on any atom is 0.0444 e. The molecule has 4 N–H and O–H groups in total. The fourth-order valence-electron chi connectivity index (χ4n) is 3.05. The van der Waals surface area contributed by atoms with Crippen LogP contribution in [0.1, 0.15) is 42.9 Å². The highest BCUT2D eigenvalue weighted by Crippen LogP contribution is 2.28. The Hall–Kier alpha value is -1.10. The number of hydrogen-bond acceptors (Lipinski definition) is 4. The molecule has 0 saturated heterocycles. The Morgan fingerprint density at radius 2 is 2.19 bits per heavy atom. The molecule has 4 heteroatoms. The van der Waals surface area contributed by atoms with Crippen molar-refractivity contribution in [3.8, 4) is 0 Å². The van der Waals surface area contributed by atoms with Gasteiger partial charge in [0.15, 0.2) is 0 Å². The lowest BCUT2D eigenvalue weighted by atomic mass is 9.96. The highest BCUT2D eigenvalue weighted by atomic mass is 16.2. The lowest BCUT2D eigenvalue weighted by Gasteiger charge is -2.29. The highest BCUT2D eigenvalue weighted by molar-refractivity contribution is 5.56. The molecule has 1 aliphatic rings. The van der Waals surface area contributed by atoms with Gasteiger partial charge in [-0.15, -0.1) is 0 Å². The van der Waals surface area contributed by atoms with Gasteiger partial charge in [0.05, 0.1) is 0 Å². The molecule has 0 amide bonds. The Bertz CT molecular complexity index is 436. The van der Waals surface area contributed by atoms with E-state index in [1.807, 2.05) is 0 Å². The van der Waals surface area contributed by atoms with Crippen molar-refractivity contribution in [2.75, 3.05) is 38.2 Å². The van der Waals surface area contributed by atoms with Crippen LogP contribution in [-0.4, -0.2) is 38.4 Å².